The van der Waals surface area contributed by atoms with Gasteiger partial charge in [0.2, 0.25) is 5.91 Å². The third-order valence-corrected chi connectivity index (χ3v) is 3.91. The van der Waals surface area contributed by atoms with Crippen molar-refractivity contribution >= 4 is 22.6 Å². The summed E-state index contributed by atoms with van der Waals surface area (Å²) in [6.07, 6.45) is 1.51. The van der Waals surface area contributed by atoms with Crippen molar-refractivity contribution in [3.8, 4) is 0 Å². The molecular weight excluding hydrogens is 290 g/mol. The highest BCUT2D eigenvalue weighted by Crippen LogP contribution is 2.18. The maximum absolute atomic E-state index is 12.2. The number of carbonyl (C=O) groups excluding carboxylic acids is 1. The highest BCUT2D eigenvalue weighted by atomic mass is 16.2. The Morgan fingerprint density at radius 3 is 2.70 bits per heavy atom. The first-order chi connectivity index (χ1) is 11.2. The second-order valence-electron chi connectivity index (χ2n) is 5.42. The minimum absolute atomic E-state index is 0.0279. The van der Waals surface area contributed by atoms with Crippen LogP contribution in [0.1, 0.15) is 20.8 Å². The Balaban J connectivity index is 1.92. The second-order valence-corrected chi connectivity index (χ2v) is 5.42. The lowest BCUT2D eigenvalue weighted by atomic mass is 10.2. The molecule has 1 heterocycles. The number of aromatic nitrogens is 2. The van der Waals surface area contributed by atoms with E-state index in [1.54, 1.807) is 0 Å². The average molecular weight is 315 g/mol. The number of para-hydroxylation sites is 1. The molecule has 0 aliphatic carbocycles. The second kappa shape index (κ2) is 8.43. The maximum atomic E-state index is 12.2. The predicted molar refractivity (Wildman–Crippen MR) is 93.4 cm³/mol. The van der Waals surface area contributed by atoms with Crippen LogP contribution in [0.5, 0.6) is 0 Å². The van der Waals surface area contributed by atoms with Gasteiger partial charge in [0.05, 0.1) is 5.52 Å². The van der Waals surface area contributed by atoms with Gasteiger partial charge < -0.3 is 15.5 Å². The van der Waals surface area contributed by atoms with Gasteiger partial charge in [0.25, 0.3) is 0 Å². The molecule has 23 heavy (non-hydrogen) atoms. The third kappa shape index (κ3) is 4.63. The zero-order valence-electron chi connectivity index (χ0n) is 14.0. The SMILES string of the molecule is CCN(CC)CCNC(=O)C(C)Nc1ncnc2ccccc12. The number of carbonyl (C=O) groups is 1. The predicted octanol–water partition coefficient (Wildman–Crippen LogP) is 1.89. The van der Waals surface area contributed by atoms with Crippen LogP contribution in [0.4, 0.5) is 5.82 Å². The Morgan fingerprint density at radius 2 is 1.96 bits per heavy atom. The van der Waals surface area contributed by atoms with Crippen LogP contribution in [0.15, 0.2) is 30.6 Å². The van der Waals surface area contributed by atoms with Crippen molar-refractivity contribution in [3.05, 3.63) is 30.6 Å². The van der Waals surface area contributed by atoms with Crippen LogP contribution < -0.4 is 10.6 Å². The van der Waals surface area contributed by atoms with E-state index in [-0.39, 0.29) is 11.9 Å². The van der Waals surface area contributed by atoms with E-state index in [0.29, 0.717) is 12.4 Å². The van der Waals surface area contributed by atoms with Crippen LogP contribution >= 0.6 is 0 Å². The largest absolute Gasteiger partial charge is 0.358 e. The molecule has 1 aromatic heterocycles. The Bertz CT molecular complexity index is 636. The van der Waals surface area contributed by atoms with E-state index in [0.717, 1.165) is 30.5 Å². The van der Waals surface area contributed by atoms with Crippen molar-refractivity contribution in [1.82, 2.24) is 20.2 Å². The van der Waals surface area contributed by atoms with Gasteiger partial charge in [-0.3, -0.25) is 4.79 Å². The van der Waals surface area contributed by atoms with Crippen LogP contribution in [0.25, 0.3) is 10.9 Å². The molecule has 1 atom stereocenters. The Hall–Kier alpha value is -2.21. The molecule has 6 nitrogen and oxygen atoms in total. The first kappa shape index (κ1) is 17.1. The lowest BCUT2D eigenvalue weighted by molar-refractivity contribution is -0.121. The standard InChI is InChI=1S/C17H25N5O/c1-4-22(5-2)11-10-18-17(23)13(3)21-16-14-8-6-7-9-15(14)19-12-20-16/h6-9,12-13H,4-5,10-11H2,1-3H3,(H,18,23)(H,19,20,21). The van der Waals surface area contributed by atoms with Crippen LogP contribution in [0, 0.1) is 0 Å². The van der Waals surface area contributed by atoms with Crippen molar-refractivity contribution in [2.24, 2.45) is 0 Å². The lowest BCUT2D eigenvalue weighted by Gasteiger charge is -2.20. The van der Waals surface area contributed by atoms with E-state index in [1.165, 1.54) is 6.33 Å². The molecular formula is C17H25N5O. The number of likely N-dealkylation sites (N-methyl/N-ethyl adjacent to an activating group) is 1. The lowest BCUT2D eigenvalue weighted by Crippen LogP contribution is -2.41. The summed E-state index contributed by atoms with van der Waals surface area (Å²) < 4.78 is 0. The van der Waals surface area contributed by atoms with Gasteiger partial charge in [0, 0.05) is 18.5 Å². The number of hydrogen-bond acceptors (Lipinski definition) is 5. The molecule has 2 rings (SSSR count). The van der Waals surface area contributed by atoms with Gasteiger partial charge in [-0.25, -0.2) is 9.97 Å². The van der Waals surface area contributed by atoms with Gasteiger partial charge in [-0.15, -0.1) is 0 Å². The van der Waals surface area contributed by atoms with Crippen molar-refractivity contribution in [3.63, 3.8) is 0 Å². The Morgan fingerprint density at radius 1 is 1.22 bits per heavy atom. The number of amides is 1. The summed E-state index contributed by atoms with van der Waals surface area (Å²) in [5.74, 6) is 0.654. The monoisotopic (exact) mass is 315 g/mol. The zero-order valence-corrected chi connectivity index (χ0v) is 14.0. The normalized spacial score (nSPS) is 12.3. The molecule has 0 aliphatic rings. The molecule has 1 aromatic carbocycles. The molecule has 124 valence electrons. The van der Waals surface area contributed by atoms with E-state index in [2.05, 4.69) is 39.3 Å². The van der Waals surface area contributed by atoms with Crippen molar-refractivity contribution < 1.29 is 4.79 Å². The molecule has 2 aromatic rings. The number of rotatable bonds is 8. The molecule has 2 N–H and O–H groups in total. The van der Waals surface area contributed by atoms with Crippen molar-refractivity contribution in [1.29, 1.82) is 0 Å². The molecule has 6 heteroatoms. The minimum Gasteiger partial charge on any atom is -0.358 e. The summed E-state index contributed by atoms with van der Waals surface area (Å²) in [7, 11) is 0. The fourth-order valence-electron chi connectivity index (χ4n) is 2.42. The van der Waals surface area contributed by atoms with E-state index < -0.39 is 0 Å². The van der Waals surface area contributed by atoms with Crippen LogP contribution in [-0.2, 0) is 4.79 Å². The Kier molecular flexibility index (Phi) is 6.29. The van der Waals surface area contributed by atoms with Gasteiger partial charge in [0.1, 0.15) is 18.2 Å². The van der Waals surface area contributed by atoms with Crippen LogP contribution in [0.2, 0.25) is 0 Å². The van der Waals surface area contributed by atoms with Gasteiger partial charge in [-0.2, -0.15) is 0 Å². The summed E-state index contributed by atoms with van der Waals surface area (Å²) in [6, 6.07) is 7.39. The summed E-state index contributed by atoms with van der Waals surface area (Å²) in [4.78, 5) is 23.0. The highest BCUT2D eigenvalue weighted by Gasteiger charge is 2.14. The van der Waals surface area contributed by atoms with Crippen molar-refractivity contribution in [2.45, 2.75) is 26.8 Å². The number of nitrogens with zero attached hydrogens (tertiary/aromatic N) is 3. The smallest absolute Gasteiger partial charge is 0.242 e. The highest BCUT2D eigenvalue weighted by molar-refractivity contribution is 5.91. The molecule has 0 spiro atoms. The number of nitrogens with one attached hydrogen (secondary N) is 2. The fraction of sp³-hybridized carbons (Fsp3) is 0.471. The summed E-state index contributed by atoms with van der Waals surface area (Å²) >= 11 is 0. The van der Waals surface area contributed by atoms with E-state index >= 15 is 0 Å². The van der Waals surface area contributed by atoms with Crippen molar-refractivity contribution in [2.75, 3.05) is 31.5 Å². The summed E-state index contributed by atoms with van der Waals surface area (Å²) in [6.45, 7) is 9.58. The average Bonchev–Trinajstić information content (AvgIpc) is 2.59. The number of anilines is 1. The van der Waals surface area contributed by atoms with E-state index in [9.17, 15) is 4.79 Å². The molecule has 0 fully saturated rings. The van der Waals surface area contributed by atoms with Gasteiger partial charge in [-0.1, -0.05) is 26.0 Å². The first-order valence-corrected chi connectivity index (χ1v) is 8.12. The quantitative estimate of drug-likeness (QED) is 0.778. The summed E-state index contributed by atoms with van der Waals surface area (Å²) in [5, 5.41) is 7.05. The van der Waals surface area contributed by atoms with E-state index in [4.69, 9.17) is 0 Å². The zero-order chi connectivity index (χ0) is 16.7. The van der Waals surface area contributed by atoms with Crippen LogP contribution in [-0.4, -0.2) is 53.0 Å². The molecule has 0 saturated heterocycles. The summed E-state index contributed by atoms with van der Waals surface area (Å²) in [5.41, 5.74) is 0.860. The van der Waals surface area contributed by atoms with Gasteiger partial charge in [0.15, 0.2) is 0 Å². The minimum atomic E-state index is -0.356. The van der Waals surface area contributed by atoms with E-state index in [1.807, 2.05) is 31.2 Å². The molecule has 0 bridgehead atoms. The number of hydrogen-bond donors (Lipinski definition) is 2. The number of benzene rings is 1. The molecule has 0 radical (unpaired) electrons. The molecule has 0 saturated carbocycles. The third-order valence-electron chi connectivity index (χ3n) is 3.91. The first-order valence-electron chi connectivity index (χ1n) is 8.12. The molecule has 1 amide bonds. The Labute approximate surface area is 137 Å². The molecule has 1 unspecified atom stereocenters. The fourth-order valence-corrected chi connectivity index (χ4v) is 2.42. The van der Waals surface area contributed by atoms with Crippen LogP contribution in [0.3, 0.4) is 0 Å². The number of fused-ring (bicyclic) bond motifs is 1. The van der Waals surface area contributed by atoms with Gasteiger partial charge in [-0.05, 0) is 32.1 Å². The molecule has 0 aliphatic heterocycles. The topological polar surface area (TPSA) is 70.2 Å². The van der Waals surface area contributed by atoms with Gasteiger partial charge >= 0.3 is 0 Å². The maximum Gasteiger partial charge on any atom is 0.242 e.